The van der Waals surface area contributed by atoms with Gasteiger partial charge in [0.05, 0.1) is 0 Å². The first kappa shape index (κ1) is 16.4. The fourth-order valence-corrected chi connectivity index (χ4v) is 3.41. The zero-order valence-corrected chi connectivity index (χ0v) is 13.0. The van der Waals surface area contributed by atoms with Crippen molar-refractivity contribution in [3.05, 3.63) is 67.3 Å². The zero-order valence-electron chi connectivity index (χ0n) is 10.1. The topological polar surface area (TPSA) is 92.2 Å². The molecule has 0 unspecified atom stereocenters. The lowest BCUT2D eigenvalue weighted by Crippen LogP contribution is -3.61. The molecule has 0 amide bonds. The van der Waals surface area contributed by atoms with Gasteiger partial charge >= 0.3 is 21.2 Å². The van der Waals surface area contributed by atoms with Crippen molar-refractivity contribution >= 4 is 0 Å². The Kier molecular flexibility index (Phi) is 6.70. The van der Waals surface area contributed by atoms with E-state index < -0.39 is 10.2 Å². The van der Waals surface area contributed by atoms with E-state index in [1.165, 1.54) is 12.7 Å². The van der Waals surface area contributed by atoms with Crippen LogP contribution in [0.5, 0.6) is 0 Å². The number of rotatable bonds is 2. The van der Waals surface area contributed by atoms with Gasteiger partial charge in [-0.15, -0.1) is 10.2 Å². The molecule has 0 aliphatic heterocycles. The molecule has 19 heavy (non-hydrogen) atoms. The molecule has 102 valence electrons. The first-order chi connectivity index (χ1) is 8.84. The molecule has 0 atom stereocenters. The summed E-state index contributed by atoms with van der Waals surface area (Å²) in [7, 11) is -4.94. The fourth-order valence-electron chi connectivity index (χ4n) is 1.20. The van der Waals surface area contributed by atoms with Crippen molar-refractivity contribution in [1.82, 2.24) is 0 Å². The summed E-state index contributed by atoms with van der Waals surface area (Å²) in [6.45, 7) is 2.13. The molecule has 0 aliphatic rings. The molecule has 2 aromatic carbocycles. The molecule has 6 heteroatoms. The van der Waals surface area contributed by atoms with Gasteiger partial charge in [-0.1, -0.05) is 35.9 Å². The molecule has 0 spiro atoms. The second-order valence-electron chi connectivity index (χ2n) is 3.56. The highest BCUT2D eigenvalue weighted by Gasteiger charge is 2.13. The van der Waals surface area contributed by atoms with Gasteiger partial charge in [-0.2, -0.15) is 0 Å². The Labute approximate surface area is 124 Å². The van der Waals surface area contributed by atoms with E-state index in [-0.39, 0.29) is 21.2 Å². The van der Waals surface area contributed by atoms with Crippen molar-refractivity contribution in [2.45, 2.75) is 6.92 Å². The van der Waals surface area contributed by atoms with Gasteiger partial charge in [0.2, 0.25) is 0 Å². The van der Waals surface area contributed by atoms with Crippen molar-refractivity contribution in [1.29, 1.82) is 0 Å². The third-order valence-electron chi connectivity index (χ3n) is 1.96. The molecular formula is C13H12ClIO4. The minimum absolute atomic E-state index is 0.0159. The van der Waals surface area contributed by atoms with Crippen molar-refractivity contribution in [3.63, 3.8) is 0 Å². The third-order valence-corrected chi connectivity index (χ3v) is 4.65. The van der Waals surface area contributed by atoms with E-state index in [9.17, 15) is 0 Å². The maximum atomic E-state index is 8.49. The van der Waals surface area contributed by atoms with Crippen molar-refractivity contribution in [2.75, 3.05) is 0 Å². The Morgan fingerprint density at radius 1 is 0.737 bits per heavy atom. The van der Waals surface area contributed by atoms with Gasteiger partial charge in [-0.25, -0.2) is 18.6 Å². The third kappa shape index (κ3) is 8.93. The van der Waals surface area contributed by atoms with Crippen LogP contribution in [0.15, 0.2) is 54.6 Å². The molecule has 2 aromatic rings. The quantitative estimate of drug-likeness (QED) is 0.479. The first-order valence-corrected chi connectivity index (χ1v) is 8.62. The van der Waals surface area contributed by atoms with Crippen LogP contribution in [0.1, 0.15) is 5.56 Å². The van der Waals surface area contributed by atoms with E-state index in [0.29, 0.717) is 0 Å². The summed E-state index contributed by atoms with van der Waals surface area (Å²) in [5, 5.41) is 0. The second-order valence-corrected chi connectivity index (χ2v) is 7.35. The van der Waals surface area contributed by atoms with Gasteiger partial charge in [0, 0.05) is 0 Å². The molecule has 0 saturated heterocycles. The van der Waals surface area contributed by atoms with Gasteiger partial charge < -0.3 is 0 Å². The van der Waals surface area contributed by atoms with E-state index in [1.807, 2.05) is 0 Å². The van der Waals surface area contributed by atoms with Gasteiger partial charge in [0.1, 0.15) is 0 Å². The van der Waals surface area contributed by atoms with Crippen LogP contribution >= 0.6 is 0 Å². The number of hydrogen-bond donors (Lipinski definition) is 0. The highest BCUT2D eigenvalue weighted by Crippen LogP contribution is 1.93. The van der Waals surface area contributed by atoms with E-state index in [1.54, 1.807) is 0 Å². The van der Waals surface area contributed by atoms with Crippen LogP contribution in [0.25, 0.3) is 0 Å². The molecule has 0 fully saturated rings. The van der Waals surface area contributed by atoms with Gasteiger partial charge in [-0.3, -0.25) is 0 Å². The first-order valence-electron chi connectivity index (χ1n) is 5.23. The van der Waals surface area contributed by atoms with Gasteiger partial charge in [0.25, 0.3) is 0 Å². The lowest BCUT2D eigenvalue weighted by atomic mass is 10.2. The summed E-state index contributed by atoms with van der Waals surface area (Å²) in [4.78, 5) is 0. The average molecular weight is 395 g/mol. The van der Waals surface area contributed by atoms with Crippen LogP contribution in [0, 0.1) is 24.3 Å². The Morgan fingerprint density at radius 3 is 1.63 bits per heavy atom. The normalized spacial score (nSPS) is 10.6. The van der Waals surface area contributed by atoms with Crippen LogP contribution < -0.4 is 39.8 Å². The zero-order chi connectivity index (χ0) is 14.3. The molecule has 0 bridgehead atoms. The second kappa shape index (κ2) is 7.78. The largest absolute Gasteiger partial charge is 0.357 e. The Hall–Kier alpha value is -0.700. The summed E-state index contributed by atoms with van der Waals surface area (Å²) in [5.41, 5.74) is 1.34. The smallest absolute Gasteiger partial charge is 0.222 e. The molecule has 0 radical (unpaired) electrons. The number of aryl methyl sites for hydroxylation is 1. The Bertz CT molecular complexity index is 476. The summed E-state index contributed by atoms with van der Waals surface area (Å²) in [6.07, 6.45) is 0. The molecule has 4 nitrogen and oxygen atoms in total. The van der Waals surface area contributed by atoms with Gasteiger partial charge in [-0.05, 0) is 31.2 Å². The molecular weight excluding hydrogens is 382 g/mol. The minimum Gasteiger partial charge on any atom is -0.222 e. The molecule has 0 heterocycles. The maximum absolute atomic E-state index is 8.49. The maximum Gasteiger partial charge on any atom is 0.357 e. The summed E-state index contributed by atoms with van der Waals surface area (Å²) in [6, 6.07) is 19.6. The van der Waals surface area contributed by atoms with Crippen LogP contribution in [-0.4, -0.2) is 0 Å². The van der Waals surface area contributed by atoms with E-state index in [2.05, 4.69) is 61.5 Å². The van der Waals surface area contributed by atoms with E-state index >= 15 is 0 Å². The predicted molar refractivity (Wildman–Crippen MR) is 55.0 cm³/mol. The number of halogens is 2. The lowest BCUT2D eigenvalue weighted by Gasteiger charge is -2.17. The van der Waals surface area contributed by atoms with Crippen LogP contribution in [0.2, 0.25) is 0 Å². The molecule has 0 aromatic heterocycles. The fraction of sp³-hybridized carbons (Fsp3) is 0.0769. The highest BCUT2D eigenvalue weighted by molar-refractivity contribution is 5.12. The molecule has 2 rings (SSSR count). The Morgan fingerprint density at radius 2 is 1.16 bits per heavy atom. The Balaban J connectivity index is 0.000000312. The van der Waals surface area contributed by atoms with Crippen molar-refractivity contribution in [2.24, 2.45) is 0 Å². The van der Waals surface area contributed by atoms with Gasteiger partial charge in [0.15, 0.2) is 7.14 Å². The number of benzene rings is 2. The van der Waals surface area contributed by atoms with E-state index in [0.717, 1.165) is 0 Å². The highest BCUT2D eigenvalue weighted by atomic mass is 127. The molecule has 0 saturated carbocycles. The summed E-state index contributed by atoms with van der Waals surface area (Å²) < 4.78 is 36.9. The average Bonchev–Trinajstić information content (AvgIpc) is 2.31. The van der Waals surface area contributed by atoms with Crippen molar-refractivity contribution < 1.29 is 50.1 Å². The summed E-state index contributed by atoms with van der Waals surface area (Å²) in [5.74, 6) is 0. The molecule has 0 aliphatic carbocycles. The monoisotopic (exact) mass is 394 g/mol. The summed E-state index contributed by atoms with van der Waals surface area (Å²) >= 11 is 0.0159. The van der Waals surface area contributed by atoms with Crippen molar-refractivity contribution in [3.8, 4) is 0 Å². The minimum atomic E-state index is -4.94. The lowest BCUT2D eigenvalue weighted by molar-refractivity contribution is -2.00. The van der Waals surface area contributed by atoms with E-state index in [4.69, 9.17) is 18.6 Å². The molecule has 0 N–H and O–H groups in total. The SMILES string of the molecule is Cc1ccc([I+]c2ccccc2)cc1.[O-][Cl+3]([O-])([O-])[O-]. The van der Waals surface area contributed by atoms with Crippen LogP contribution in [0.4, 0.5) is 0 Å². The van der Waals surface area contributed by atoms with Crippen LogP contribution in [-0.2, 0) is 0 Å². The predicted octanol–water partition coefficient (Wildman–Crippen LogP) is -4.63. The van der Waals surface area contributed by atoms with Crippen LogP contribution in [0.3, 0.4) is 0 Å². The standard InChI is InChI=1S/C13H12I.ClHO4/c1-11-7-9-13(10-8-11)14-12-5-3-2-4-6-12;2-1(3,4)5/h2-10H,1H3;(H,2,3,4,5)/q+1;/p-1. The number of hydrogen-bond acceptors (Lipinski definition) is 4.